The van der Waals surface area contributed by atoms with Crippen molar-refractivity contribution in [1.29, 1.82) is 0 Å². The fraction of sp³-hybridized carbons (Fsp3) is 0.538. The van der Waals surface area contributed by atoms with Crippen molar-refractivity contribution >= 4 is 17.6 Å². The molecule has 2 aliphatic rings. The number of Topliss-reactive ketones (excluding diaryl/α,β-unsaturated/α-hetero) is 1. The Morgan fingerprint density at radius 2 is 1.42 bits per heavy atom. The number of nitrogens with zero attached hydrogens (tertiary/aromatic N) is 4. The maximum Gasteiger partial charge on any atom is 0.272 e. The van der Waals surface area contributed by atoms with Crippen molar-refractivity contribution in [1.82, 2.24) is 19.6 Å². The third-order valence-electron chi connectivity index (χ3n) is 7.24. The SMILES string of the molecule is CC(=O)c1ccc(C(=O)N2CCC3(CC2)CCN(C(=O)c2cc(C(C)(C)C)nn2C)C3)cc1. The van der Waals surface area contributed by atoms with Gasteiger partial charge in [0.2, 0.25) is 0 Å². The van der Waals surface area contributed by atoms with Crippen molar-refractivity contribution in [3.8, 4) is 0 Å². The Bertz CT molecular complexity index is 1070. The van der Waals surface area contributed by atoms with Crippen LogP contribution in [-0.4, -0.2) is 63.4 Å². The van der Waals surface area contributed by atoms with E-state index in [2.05, 4.69) is 25.9 Å². The molecule has 2 aliphatic heterocycles. The molecular weight excluding hydrogens is 416 g/mol. The van der Waals surface area contributed by atoms with Crippen molar-refractivity contribution in [2.45, 2.75) is 52.4 Å². The lowest BCUT2D eigenvalue weighted by Crippen LogP contribution is -2.44. The second kappa shape index (κ2) is 8.43. The number of aryl methyl sites for hydroxylation is 1. The van der Waals surface area contributed by atoms with E-state index in [9.17, 15) is 14.4 Å². The molecule has 0 aliphatic carbocycles. The molecule has 0 atom stereocenters. The molecule has 1 aromatic carbocycles. The number of carbonyl (C=O) groups excluding carboxylic acids is 3. The first-order valence-electron chi connectivity index (χ1n) is 11.7. The Morgan fingerprint density at radius 1 is 0.879 bits per heavy atom. The molecule has 7 nitrogen and oxygen atoms in total. The van der Waals surface area contributed by atoms with Gasteiger partial charge < -0.3 is 9.80 Å². The minimum Gasteiger partial charge on any atom is -0.339 e. The maximum absolute atomic E-state index is 13.2. The quantitative estimate of drug-likeness (QED) is 0.669. The van der Waals surface area contributed by atoms with Gasteiger partial charge in [0, 0.05) is 49.8 Å². The monoisotopic (exact) mass is 450 g/mol. The van der Waals surface area contributed by atoms with E-state index in [4.69, 9.17) is 0 Å². The molecule has 2 aromatic rings. The molecule has 0 unspecified atom stereocenters. The van der Waals surface area contributed by atoms with Gasteiger partial charge in [0.15, 0.2) is 5.78 Å². The van der Waals surface area contributed by atoms with Crippen LogP contribution >= 0.6 is 0 Å². The molecular formula is C26H34N4O3. The second-order valence-corrected chi connectivity index (χ2v) is 10.7. The summed E-state index contributed by atoms with van der Waals surface area (Å²) in [4.78, 5) is 41.5. The van der Waals surface area contributed by atoms with Crippen LogP contribution in [0.25, 0.3) is 0 Å². The van der Waals surface area contributed by atoms with Gasteiger partial charge >= 0.3 is 0 Å². The number of carbonyl (C=O) groups is 3. The first-order valence-corrected chi connectivity index (χ1v) is 11.7. The summed E-state index contributed by atoms with van der Waals surface area (Å²) in [5.74, 6) is 0.0481. The summed E-state index contributed by atoms with van der Waals surface area (Å²) in [7, 11) is 1.83. The Kier molecular flexibility index (Phi) is 5.93. The number of amides is 2. The molecule has 1 aromatic heterocycles. The highest BCUT2D eigenvalue weighted by atomic mass is 16.2. The van der Waals surface area contributed by atoms with Crippen LogP contribution in [-0.2, 0) is 12.5 Å². The summed E-state index contributed by atoms with van der Waals surface area (Å²) in [6, 6.07) is 8.82. The lowest BCUT2D eigenvalue weighted by atomic mass is 9.77. The lowest BCUT2D eigenvalue weighted by molar-refractivity contribution is 0.0563. The van der Waals surface area contributed by atoms with E-state index in [1.807, 2.05) is 22.9 Å². The number of aromatic nitrogens is 2. The molecule has 4 rings (SSSR count). The molecule has 1 spiro atoms. The smallest absolute Gasteiger partial charge is 0.272 e. The minimum atomic E-state index is -0.103. The van der Waals surface area contributed by atoms with Crippen LogP contribution in [0.5, 0.6) is 0 Å². The molecule has 0 radical (unpaired) electrons. The van der Waals surface area contributed by atoms with Gasteiger partial charge in [0.25, 0.3) is 11.8 Å². The van der Waals surface area contributed by atoms with Gasteiger partial charge in [0.05, 0.1) is 5.69 Å². The predicted octanol–water partition coefficient (Wildman–Crippen LogP) is 3.69. The standard InChI is InChI=1S/C26H34N4O3/c1-18(31)19-6-8-20(9-7-19)23(32)29-13-10-26(11-14-29)12-15-30(17-26)24(33)21-16-22(25(2,3)4)27-28(21)5/h6-9,16H,10-15,17H2,1-5H3. The van der Waals surface area contributed by atoms with Gasteiger partial charge in [-0.3, -0.25) is 19.1 Å². The Balaban J connectivity index is 1.38. The molecule has 0 saturated carbocycles. The Hall–Kier alpha value is -2.96. The lowest BCUT2D eigenvalue weighted by Gasteiger charge is -2.39. The summed E-state index contributed by atoms with van der Waals surface area (Å²) < 4.78 is 1.70. The van der Waals surface area contributed by atoms with E-state index in [1.165, 1.54) is 6.92 Å². The van der Waals surface area contributed by atoms with Gasteiger partial charge in [0.1, 0.15) is 5.69 Å². The fourth-order valence-corrected chi connectivity index (χ4v) is 4.93. The average Bonchev–Trinajstić information content (AvgIpc) is 3.37. The van der Waals surface area contributed by atoms with E-state index in [0.717, 1.165) is 38.0 Å². The van der Waals surface area contributed by atoms with Gasteiger partial charge in [-0.25, -0.2) is 0 Å². The number of hydrogen-bond donors (Lipinski definition) is 0. The Labute approximate surface area is 195 Å². The highest BCUT2D eigenvalue weighted by Gasteiger charge is 2.43. The van der Waals surface area contributed by atoms with E-state index in [1.54, 1.807) is 28.9 Å². The van der Waals surface area contributed by atoms with Crippen LogP contribution < -0.4 is 0 Å². The Morgan fingerprint density at radius 3 is 1.94 bits per heavy atom. The van der Waals surface area contributed by atoms with Crippen LogP contribution in [0.2, 0.25) is 0 Å². The number of likely N-dealkylation sites (tertiary alicyclic amines) is 2. The molecule has 0 N–H and O–H groups in total. The summed E-state index contributed by atoms with van der Waals surface area (Å²) in [5, 5.41) is 4.56. The van der Waals surface area contributed by atoms with Crippen molar-refractivity contribution in [3.63, 3.8) is 0 Å². The van der Waals surface area contributed by atoms with E-state index >= 15 is 0 Å². The molecule has 3 heterocycles. The molecule has 176 valence electrons. The van der Waals surface area contributed by atoms with Gasteiger partial charge in [-0.1, -0.05) is 32.9 Å². The predicted molar refractivity (Wildman–Crippen MR) is 126 cm³/mol. The molecule has 7 heteroatoms. The zero-order chi connectivity index (χ0) is 24.0. The molecule has 0 bridgehead atoms. The van der Waals surface area contributed by atoms with Crippen molar-refractivity contribution < 1.29 is 14.4 Å². The largest absolute Gasteiger partial charge is 0.339 e. The number of ketones is 1. The second-order valence-electron chi connectivity index (χ2n) is 10.7. The van der Waals surface area contributed by atoms with Crippen molar-refractivity contribution in [2.75, 3.05) is 26.2 Å². The average molecular weight is 451 g/mol. The first kappa shape index (κ1) is 23.2. The van der Waals surface area contributed by atoms with Crippen molar-refractivity contribution in [3.05, 3.63) is 52.8 Å². The first-order chi connectivity index (χ1) is 15.5. The molecule has 2 saturated heterocycles. The summed E-state index contributed by atoms with van der Waals surface area (Å²) in [6.45, 7) is 10.7. The molecule has 33 heavy (non-hydrogen) atoms. The zero-order valence-electron chi connectivity index (χ0n) is 20.4. The number of benzene rings is 1. The zero-order valence-corrected chi connectivity index (χ0v) is 20.4. The van der Waals surface area contributed by atoms with Gasteiger partial charge in [-0.15, -0.1) is 0 Å². The third kappa shape index (κ3) is 4.59. The van der Waals surface area contributed by atoms with Crippen LogP contribution in [0.15, 0.2) is 30.3 Å². The summed E-state index contributed by atoms with van der Waals surface area (Å²) in [5.41, 5.74) is 2.77. The van der Waals surface area contributed by atoms with E-state index < -0.39 is 0 Å². The molecule has 2 amide bonds. The summed E-state index contributed by atoms with van der Waals surface area (Å²) in [6.07, 6.45) is 2.76. The van der Waals surface area contributed by atoms with Crippen LogP contribution in [0.4, 0.5) is 0 Å². The van der Waals surface area contributed by atoms with Crippen LogP contribution in [0, 0.1) is 5.41 Å². The number of hydrogen-bond acceptors (Lipinski definition) is 4. The van der Waals surface area contributed by atoms with Crippen molar-refractivity contribution in [2.24, 2.45) is 12.5 Å². The topological polar surface area (TPSA) is 75.5 Å². The van der Waals surface area contributed by atoms with Gasteiger partial charge in [-0.05, 0) is 49.8 Å². The fourth-order valence-electron chi connectivity index (χ4n) is 4.93. The highest BCUT2D eigenvalue weighted by molar-refractivity contribution is 5.97. The van der Waals surface area contributed by atoms with Crippen LogP contribution in [0.1, 0.15) is 83.9 Å². The summed E-state index contributed by atoms with van der Waals surface area (Å²) >= 11 is 0. The highest BCUT2D eigenvalue weighted by Crippen LogP contribution is 2.41. The maximum atomic E-state index is 13.2. The third-order valence-corrected chi connectivity index (χ3v) is 7.24. The molecule has 2 fully saturated rings. The van der Waals surface area contributed by atoms with E-state index in [-0.39, 0.29) is 28.4 Å². The minimum absolute atomic E-state index is 0.00463. The van der Waals surface area contributed by atoms with Gasteiger partial charge in [-0.2, -0.15) is 5.10 Å². The van der Waals surface area contributed by atoms with Crippen LogP contribution in [0.3, 0.4) is 0 Å². The normalized spacial score (nSPS) is 18.1. The number of piperidine rings is 1. The number of rotatable bonds is 3. The van der Waals surface area contributed by atoms with E-state index in [0.29, 0.717) is 29.9 Å².